The summed E-state index contributed by atoms with van der Waals surface area (Å²) in [4.78, 5) is 14.8. The number of para-hydroxylation sites is 3. The number of rotatable bonds is 6. The molecule has 380 valence electrons. The Morgan fingerprint density at radius 2 is 0.973 bits per heavy atom. The molecule has 4 aromatic heterocycles. The van der Waals surface area contributed by atoms with Crippen molar-refractivity contribution in [3.63, 3.8) is 0 Å². The number of imidazole rings is 1. The fraction of sp³-hybridized carbons (Fsp3) is 0.299. The van der Waals surface area contributed by atoms with Crippen LogP contribution in [-0.4, -0.2) is 29.2 Å². The maximum Gasteiger partial charge on any atom is 0.148 e. The average Bonchev–Trinajstić information content (AvgIpc) is 3.89. The monoisotopic (exact) mass is 1160 g/mol. The van der Waals surface area contributed by atoms with E-state index in [1.807, 2.05) is 12.3 Å². The number of aromatic hydroxyl groups is 1. The van der Waals surface area contributed by atoms with Crippen molar-refractivity contribution in [1.29, 1.82) is 0 Å². The fourth-order valence-electron chi connectivity index (χ4n) is 10.1. The molecule has 0 amide bonds. The summed E-state index contributed by atoms with van der Waals surface area (Å²) in [6.45, 7) is 34.1. The summed E-state index contributed by atoms with van der Waals surface area (Å²) in [7, 11) is 0. The first kappa shape index (κ1) is 52.2. The summed E-state index contributed by atoms with van der Waals surface area (Å²) in [5.74, 6) is 0.712. The van der Waals surface area contributed by atoms with Crippen LogP contribution in [0.25, 0.3) is 89.1 Å². The Hall–Kier alpha value is -6.62. The summed E-state index contributed by atoms with van der Waals surface area (Å²) in [6.07, 6.45) is 5.15. The van der Waals surface area contributed by atoms with Gasteiger partial charge in [-0.05, 0) is 103 Å². The predicted octanol–water partition coefficient (Wildman–Crippen LogP) is 17.6. The summed E-state index contributed by atoms with van der Waals surface area (Å²) in [5, 5.41) is 13.9. The van der Waals surface area contributed by atoms with Crippen LogP contribution >= 0.6 is 0 Å². The van der Waals surface area contributed by atoms with Crippen LogP contribution in [0.4, 0.5) is 0 Å². The fourth-order valence-corrected chi connectivity index (χ4v) is 10.1. The van der Waals surface area contributed by atoms with Gasteiger partial charge < -0.3 is 9.67 Å². The number of pyridine rings is 2. The van der Waals surface area contributed by atoms with E-state index in [4.69, 9.17) is 9.97 Å². The third-order valence-corrected chi connectivity index (χ3v) is 14.6. The summed E-state index contributed by atoms with van der Waals surface area (Å²) in [6, 6.07) is 50.6. The van der Waals surface area contributed by atoms with Gasteiger partial charge in [-0.1, -0.05) is 182 Å². The van der Waals surface area contributed by atoms with Crippen molar-refractivity contribution in [1.82, 2.24) is 24.1 Å². The van der Waals surface area contributed by atoms with Gasteiger partial charge in [0.05, 0.1) is 33.8 Å². The second kappa shape index (κ2) is 18.6. The molecular formula is C67H70N5OPt-. The topological polar surface area (TPSA) is 68.8 Å². The van der Waals surface area contributed by atoms with Crippen molar-refractivity contribution >= 4 is 32.8 Å². The molecule has 10 aromatic rings. The number of hydrogen-bond acceptors (Lipinski definition) is 4. The molecule has 0 fully saturated rings. The number of fused-ring (bicyclic) bond motifs is 4. The van der Waals surface area contributed by atoms with E-state index in [2.05, 4.69) is 245 Å². The third-order valence-electron chi connectivity index (χ3n) is 14.6. The molecule has 1 N–H and O–H groups in total. The first-order valence-electron chi connectivity index (χ1n) is 25.8. The zero-order chi connectivity index (χ0) is 52.2. The minimum absolute atomic E-state index is 0. The minimum Gasteiger partial charge on any atom is -0.506 e. The van der Waals surface area contributed by atoms with Crippen LogP contribution in [0.3, 0.4) is 0 Å². The zero-order valence-corrected chi connectivity index (χ0v) is 48.1. The predicted molar refractivity (Wildman–Crippen MR) is 307 cm³/mol. The van der Waals surface area contributed by atoms with Crippen LogP contribution in [0.5, 0.6) is 5.75 Å². The second-order valence-corrected chi connectivity index (χ2v) is 25.3. The van der Waals surface area contributed by atoms with Crippen LogP contribution < -0.4 is 0 Å². The van der Waals surface area contributed by atoms with Gasteiger partial charge in [0.25, 0.3) is 0 Å². The molecule has 10 rings (SSSR count). The van der Waals surface area contributed by atoms with Gasteiger partial charge in [0, 0.05) is 66.9 Å². The molecule has 6 aromatic carbocycles. The van der Waals surface area contributed by atoms with Crippen molar-refractivity contribution in [3.05, 3.63) is 180 Å². The summed E-state index contributed by atoms with van der Waals surface area (Å²) in [5.41, 5.74) is 18.4. The van der Waals surface area contributed by atoms with Gasteiger partial charge in [0.15, 0.2) is 0 Å². The van der Waals surface area contributed by atoms with Gasteiger partial charge >= 0.3 is 0 Å². The maximum absolute atomic E-state index is 11.4. The first-order chi connectivity index (χ1) is 34.3. The van der Waals surface area contributed by atoms with E-state index in [1.54, 1.807) is 6.20 Å². The number of nitrogens with zero attached hydrogens (tertiary/aromatic N) is 5. The molecule has 6 nitrogen and oxygen atoms in total. The molecule has 0 bridgehead atoms. The Bertz CT molecular complexity index is 3720. The van der Waals surface area contributed by atoms with E-state index >= 15 is 0 Å². The van der Waals surface area contributed by atoms with E-state index in [9.17, 15) is 5.11 Å². The van der Waals surface area contributed by atoms with E-state index < -0.39 is 0 Å². The first-order valence-corrected chi connectivity index (χ1v) is 25.8. The normalized spacial score (nSPS) is 12.7. The third kappa shape index (κ3) is 9.67. The van der Waals surface area contributed by atoms with Crippen molar-refractivity contribution in [2.24, 2.45) is 0 Å². The van der Waals surface area contributed by atoms with Gasteiger partial charge in [0.1, 0.15) is 11.6 Å². The Balaban J connectivity index is 0.00000672. The molecule has 0 atom stereocenters. The average molecular weight is 1160 g/mol. The van der Waals surface area contributed by atoms with Gasteiger partial charge in [-0.25, -0.2) is 4.98 Å². The molecule has 0 saturated heterocycles. The van der Waals surface area contributed by atoms with Gasteiger partial charge in [-0.15, -0.1) is 29.3 Å². The smallest absolute Gasteiger partial charge is 0.148 e. The molecule has 0 radical (unpaired) electrons. The molecule has 0 spiro atoms. The van der Waals surface area contributed by atoms with Crippen molar-refractivity contribution < 1.29 is 26.2 Å². The maximum atomic E-state index is 11.4. The molecule has 0 aliphatic carbocycles. The number of benzene rings is 6. The minimum atomic E-state index is -0.200. The van der Waals surface area contributed by atoms with Crippen LogP contribution in [0.15, 0.2) is 146 Å². The van der Waals surface area contributed by atoms with E-state index in [1.165, 1.54) is 50.3 Å². The second-order valence-electron chi connectivity index (χ2n) is 25.3. The van der Waals surface area contributed by atoms with Crippen molar-refractivity contribution in [2.45, 2.75) is 131 Å². The quantitative estimate of drug-likeness (QED) is 0.169. The summed E-state index contributed by atoms with van der Waals surface area (Å²) < 4.78 is 4.69. The Labute approximate surface area is 453 Å². The number of aromatic nitrogens is 5. The van der Waals surface area contributed by atoms with Crippen molar-refractivity contribution in [3.8, 4) is 62.0 Å². The van der Waals surface area contributed by atoms with E-state index in [-0.39, 0.29) is 53.9 Å². The molecule has 0 aliphatic rings. The van der Waals surface area contributed by atoms with Gasteiger partial charge in [-0.3, -0.25) is 14.5 Å². The van der Waals surface area contributed by atoms with Crippen LogP contribution in [0.2, 0.25) is 0 Å². The van der Waals surface area contributed by atoms with E-state index in [0.29, 0.717) is 11.4 Å². The van der Waals surface area contributed by atoms with Crippen LogP contribution in [0.1, 0.15) is 132 Å². The molecule has 0 unspecified atom stereocenters. The molecule has 74 heavy (non-hydrogen) atoms. The SMILES string of the molecule is CC(C)(C)c1cc(-c2cc(-c3cccc4c5ccccc5n(-c5cc(C(C)(C)C)cc(C(C)(C)C)c5)c34)ccn2)[c-]c(-c2cccc3c2nc(-c2ccncc2O)n3-c2cc(C(C)(C)C)cc(C(C)(C)C)c2)c1.[Pt]. The Morgan fingerprint density at radius 1 is 0.459 bits per heavy atom. The molecule has 7 heteroatoms. The van der Waals surface area contributed by atoms with Crippen molar-refractivity contribution in [2.75, 3.05) is 0 Å². The molecular weight excluding hydrogens is 1090 g/mol. The van der Waals surface area contributed by atoms with E-state index in [0.717, 1.165) is 61.5 Å². The van der Waals surface area contributed by atoms with Crippen LogP contribution in [-0.2, 0) is 48.1 Å². The van der Waals surface area contributed by atoms with Crippen LogP contribution in [0, 0.1) is 6.07 Å². The largest absolute Gasteiger partial charge is 0.506 e. The van der Waals surface area contributed by atoms with Gasteiger partial charge in [0.2, 0.25) is 0 Å². The Kier molecular flexibility index (Phi) is 13.2. The zero-order valence-electron chi connectivity index (χ0n) is 45.9. The van der Waals surface area contributed by atoms with Gasteiger partial charge in [-0.2, -0.15) is 0 Å². The number of hydrogen-bond donors (Lipinski definition) is 1. The molecule has 0 aliphatic heterocycles. The summed E-state index contributed by atoms with van der Waals surface area (Å²) >= 11 is 0. The molecule has 0 saturated carbocycles. The molecule has 4 heterocycles. The standard InChI is InChI=1S/C67H70N5O.Pt/c1-63(2,3)44-31-42(51-21-19-25-58-60(51)70-62(55-27-28-68-40-59(55)73)72(58)50-38-47(66(10,11)12)35-48(39-50)67(13,14)15)30-43(32-44)56-33-41(26-29-69-56)52-22-18-23-54-53-20-16-17-24-57(53)71(61(52)54)49-36-45(64(4,5)6)34-46(37-49)65(7,8)9;/h16-29,31-40,73H,1-15H3;/q-1;. The Morgan fingerprint density at radius 3 is 1.57 bits per heavy atom.